The van der Waals surface area contributed by atoms with Crippen molar-refractivity contribution in [1.82, 2.24) is 0 Å². The molecule has 0 aromatic rings. The maximum atomic E-state index is 9.51. The van der Waals surface area contributed by atoms with Crippen LogP contribution in [0, 0.1) is 11.5 Å². The molecule has 0 saturated heterocycles. The first-order valence-corrected chi connectivity index (χ1v) is 2.19. The standard InChI is InChI=1S/C5H3OSi/c6-4-2-1-3-5-7/h1-2,4H/b2-1-. The summed E-state index contributed by atoms with van der Waals surface area (Å²) >= 11 is 0. The second-order valence-corrected chi connectivity index (χ2v) is 1.01. The van der Waals surface area contributed by atoms with E-state index >= 15 is 0 Å². The fraction of sp³-hybridized carbons (Fsp3) is 0. The monoisotopic (exact) mass is 107 g/mol. The summed E-state index contributed by atoms with van der Waals surface area (Å²) < 4.78 is 0. The molecule has 0 aromatic heterocycles. The maximum Gasteiger partial charge on any atom is 0.147 e. The molecule has 3 radical (unpaired) electrons. The summed E-state index contributed by atoms with van der Waals surface area (Å²) in [6.45, 7) is 0. The van der Waals surface area contributed by atoms with Crippen molar-refractivity contribution < 1.29 is 4.79 Å². The summed E-state index contributed by atoms with van der Waals surface area (Å²) in [6.07, 6.45) is 3.46. The number of hydrogen-bond acceptors (Lipinski definition) is 1. The molecule has 0 spiro atoms. The minimum absolute atomic E-state index is 0.677. The van der Waals surface area contributed by atoms with Crippen molar-refractivity contribution in [3.63, 3.8) is 0 Å². The van der Waals surface area contributed by atoms with Gasteiger partial charge in [0.05, 0.1) is 0 Å². The van der Waals surface area contributed by atoms with Crippen molar-refractivity contribution >= 4 is 16.5 Å². The summed E-state index contributed by atoms with van der Waals surface area (Å²) in [7, 11) is 2.89. The highest BCUT2D eigenvalue weighted by Gasteiger charge is 1.54. The second-order valence-electron chi connectivity index (χ2n) is 0.765. The average Bonchev–Trinajstić information content (AvgIpc) is 1.69. The Kier molecular flexibility index (Phi) is 4.58. The quantitative estimate of drug-likeness (QED) is 0.197. The van der Waals surface area contributed by atoms with Crippen LogP contribution in [0.3, 0.4) is 0 Å². The van der Waals surface area contributed by atoms with E-state index in [-0.39, 0.29) is 0 Å². The Bertz CT molecular complexity index is 127. The van der Waals surface area contributed by atoms with Crippen LogP contribution >= 0.6 is 0 Å². The van der Waals surface area contributed by atoms with E-state index < -0.39 is 0 Å². The van der Waals surface area contributed by atoms with Gasteiger partial charge in [-0.1, -0.05) is 5.92 Å². The predicted molar refractivity (Wildman–Crippen MR) is 28.7 cm³/mol. The molecule has 2 heteroatoms. The van der Waals surface area contributed by atoms with E-state index in [1.165, 1.54) is 12.2 Å². The zero-order chi connectivity index (χ0) is 5.54. The van der Waals surface area contributed by atoms with Crippen LogP contribution in [-0.4, -0.2) is 16.5 Å². The Labute approximate surface area is 45.8 Å². The van der Waals surface area contributed by atoms with Crippen molar-refractivity contribution in [3.05, 3.63) is 12.2 Å². The van der Waals surface area contributed by atoms with E-state index in [1.807, 2.05) is 0 Å². The number of aldehydes is 1. The third kappa shape index (κ3) is 5.19. The van der Waals surface area contributed by atoms with E-state index in [9.17, 15) is 4.79 Å². The van der Waals surface area contributed by atoms with Crippen molar-refractivity contribution in [2.24, 2.45) is 0 Å². The summed E-state index contributed by atoms with van der Waals surface area (Å²) in [5.41, 5.74) is 2.41. The van der Waals surface area contributed by atoms with Gasteiger partial charge in [0.15, 0.2) is 0 Å². The molecule has 0 atom stereocenters. The summed E-state index contributed by atoms with van der Waals surface area (Å²) in [5.74, 6) is 2.50. The molecule has 0 rings (SSSR count). The minimum atomic E-state index is 0.677. The van der Waals surface area contributed by atoms with Gasteiger partial charge in [-0.2, -0.15) is 0 Å². The molecule has 0 aliphatic carbocycles. The Morgan fingerprint density at radius 2 is 2.29 bits per heavy atom. The van der Waals surface area contributed by atoms with Crippen LogP contribution < -0.4 is 0 Å². The lowest BCUT2D eigenvalue weighted by atomic mass is 10.5. The Morgan fingerprint density at radius 3 is 2.71 bits per heavy atom. The van der Waals surface area contributed by atoms with Gasteiger partial charge >= 0.3 is 0 Å². The van der Waals surface area contributed by atoms with Gasteiger partial charge in [0.2, 0.25) is 0 Å². The highest BCUT2D eigenvalue weighted by atomic mass is 28.1. The van der Waals surface area contributed by atoms with E-state index in [0.717, 1.165) is 0 Å². The fourth-order valence-corrected chi connectivity index (χ4v) is 0.212. The van der Waals surface area contributed by atoms with Crippen LogP contribution in [0.2, 0.25) is 0 Å². The molecule has 1 nitrogen and oxygen atoms in total. The molecule has 0 N–H and O–H groups in total. The lowest BCUT2D eigenvalue weighted by Crippen LogP contribution is -1.56. The third-order valence-electron chi connectivity index (χ3n) is 0.330. The zero-order valence-corrected chi connectivity index (χ0v) is 4.64. The normalized spacial score (nSPS) is 7.57. The molecule has 0 fully saturated rings. The van der Waals surface area contributed by atoms with Crippen LogP contribution in [0.25, 0.3) is 0 Å². The van der Waals surface area contributed by atoms with Gasteiger partial charge in [-0.15, -0.1) is 5.54 Å². The van der Waals surface area contributed by atoms with Crippen molar-refractivity contribution in [2.45, 2.75) is 0 Å². The number of carbonyl (C=O) groups is 1. The van der Waals surface area contributed by atoms with Crippen LogP contribution in [0.1, 0.15) is 0 Å². The van der Waals surface area contributed by atoms with Crippen LogP contribution in [0.15, 0.2) is 12.2 Å². The molecule has 0 aliphatic heterocycles. The van der Waals surface area contributed by atoms with Gasteiger partial charge in [0.25, 0.3) is 0 Å². The minimum Gasteiger partial charge on any atom is -0.299 e. The van der Waals surface area contributed by atoms with Crippen molar-refractivity contribution in [2.75, 3.05) is 0 Å². The Hall–Kier alpha value is -0.813. The highest BCUT2D eigenvalue weighted by molar-refractivity contribution is 6.22. The van der Waals surface area contributed by atoms with E-state index in [0.29, 0.717) is 6.29 Å². The van der Waals surface area contributed by atoms with Gasteiger partial charge in [0, 0.05) is 0 Å². The van der Waals surface area contributed by atoms with Crippen LogP contribution in [0.5, 0.6) is 0 Å². The van der Waals surface area contributed by atoms with Crippen LogP contribution in [0.4, 0.5) is 0 Å². The highest BCUT2D eigenvalue weighted by Crippen LogP contribution is 1.58. The smallest absolute Gasteiger partial charge is 0.147 e. The molecule has 0 aliphatic rings. The lowest BCUT2D eigenvalue weighted by Gasteiger charge is -1.56. The topological polar surface area (TPSA) is 17.1 Å². The van der Waals surface area contributed by atoms with Gasteiger partial charge < -0.3 is 0 Å². The van der Waals surface area contributed by atoms with E-state index in [2.05, 4.69) is 21.7 Å². The summed E-state index contributed by atoms with van der Waals surface area (Å²) in [4.78, 5) is 9.51. The molecule has 0 amide bonds. The molecule has 0 aromatic carbocycles. The molecule has 7 heavy (non-hydrogen) atoms. The summed E-state index contributed by atoms with van der Waals surface area (Å²) in [6, 6.07) is 0. The number of rotatable bonds is 1. The van der Waals surface area contributed by atoms with Gasteiger partial charge in [-0.25, -0.2) is 0 Å². The lowest BCUT2D eigenvalue weighted by molar-refractivity contribution is -0.104. The number of hydrogen-bond donors (Lipinski definition) is 0. The Balaban J connectivity index is 3.40. The molecule has 0 saturated carbocycles. The molecule has 0 heterocycles. The third-order valence-corrected chi connectivity index (χ3v) is 0.475. The first-order chi connectivity index (χ1) is 3.41. The average molecular weight is 107 g/mol. The molecular formula is C5H3OSi. The first kappa shape index (κ1) is 6.19. The SMILES string of the molecule is O=C/C=C\C#C[Si]. The number of carbonyl (C=O) groups excluding carboxylic acids is 1. The van der Waals surface area contributed by atoms with Gasteiger partial charge in [-0.05, 0) is 12.2 Å². The van der Waals surface area contributed by atoms with E-state index in [4.69, 9.17) is 0 Å². The zero-order valence-electron chi connectivity index (χ0n) is 3.64. The number of allylic oxidation sites excluding steroid dienone is 2. The molecule has 33 valence electrons. The molecule has 0 bridgehead atoms. The predicted octanol–water partition coefficient (Wildman–Crippen LogP) is -0.129. The first-order valence-electron chi connectivity index (χ1n) is 1.69. The van der Waals surface area contributed by atoms with Crippen molar-refractivity contribution in [3.8, 4) is 11.5 Å². The fourth-order valence-electron chi connectivity index (χ4n) is 0.129. The van der Waals surface area contributed by atoms with Gasteiger partial charge in [0.1, 0.15) is 16.5 Å². The second kappa shape index (κ2) is 5.19. The molecule has 0 unspecified atom stereocenters. The maximum absolute atomic E-state index is 9.51. The largest absolute Gasteiger partial charge is 0.299 e. The van der Waals surface area contributed by atoms with Gasteiger partial charge in [-0.3, -0.25) is 4.79 Å². The van der Waals surface area contributed by atoms with Crippen molar-refractivity contribution in [1.29, 1.82) is 0 Å². The summed E-state index contributed by atoms with van der Waals surface area (Å²) in [5, 5.41) is 0. The Morgan fingerprint density at radius 1 is 1.57 bits per heavy atom. The van der Waals surface area contributed by atoms with E-state index in [1.54, 1.807) is 0 Å². The van der Waals surface area contributed by atoms with Crippen LogP contribution in [-0.2, 0) is 4.79 Å². The molecular weight excluding hydrogens is 104 g/mol.